The summed E-state index contributed by atoms with van der Waals surface area (Å²) < 4.78 is 70.2. The van der Waals surface area contributed by atoms with Crippen molar-refractivity contribution in [1.82, 2.24) is 4.72 Å². The maximum atomic E-state index is 12.2. The fourth-order valence-electron chi connectivity index (χ4n) is 1.65. The molecule has 0 atom stereocenters. The quantitative estimate of drug-likeness (QED) is 0.849. The Hall–Kier alpha value is -2.53. The summed E-state index contributed by atoms with van der Waals surface area (Å²) in [7, 11) is -2.68. The third-order valence-electron chi connectivity index (χ3n) is 2.66. The molecular formula is C13H11F3N2O5S. The second-order valence-electron chi connectivity index (χ2n) is 4.36. The fraction of sp³-hybridized carbons (Fsp3) is 0.154. The van der Waals surface area contributed by atoms with Gasteiger partial charge in [-0.25, -0.2) is 13.1 Å². The van der Waals surface area contributed by atoms with Crippen molar-refractivity contribution in [1.29, 1.82) is 0 Å². The zero-order chi connectivity index (χ0) is 18.0. The van der Waals surface area contributed by atoms with E-state index in [0.29, 0.717) is 0 Å². The molecule has 2 rings (SSSR count). The lowest BCUT2D eigenvalue weighted by Crippen LogP contribution is -2.18. The molecule has 1 aromatic carbocycles. The first-order valence-corrected chi connectivity index (χ1v) is 7.79. The molecule has 0 saturated carbocycles. The van der Waals surface area contributed by atoms with Crippen LogP contribution in [-0.4, -0.2) is 27.7 Å². The Morgan fingerprint density at radius 1 is 1.21 bits per heavy atom. The first-order valence-electron chi connectivity index (χ1n) is 6.31. The third kappa shape index (κ3) is 4.49. The van der Waals surface area contributed by atoms with Crippen LogP contribution in [0.5, 0.6) is 5.75 Å². The first kappa shape index (κ1) is 17.8. The maximum absolute atomic E-state index is 12.2. The lowest BCUT2D eigenvalue weighted by Gasteiger charge is -2.10. The van der Waals surface area contributed by atoms with Gasteiger partial charge in [-0.05, 0) is 31.3 Å². The van der Waals surface area contributed by atoms with Crippen molar-refractivity contribution in [3.8, 4) is 5.75 Å². The second-order valence-corrected chi connectivity index (χ2v) is 6.17. The molecule has 0 aliphatic heterocycles. The summed E-state index contributed by atoms with van der Waals surface area (Å²) >= 11 is 0. The lowest BCUT2D eigenvalue weighted by atomic mass is 10.3. The van der Waals surface area contributed by atoms with E-state index in [1.807, 2.05) is 4.72 Å². The Morgan fingerprint density at radius 2 is 1.92 bits per heavy atom. The van der Waals surface area contributed by atoms with Gasteiger partial charge in [-0.3, -0.25) is 4.79 Å². The molecular weight excluding hydrogens is 353 g/mol. The highest BCUT2D eigenvalue weighted by molar-refractivity contribution is 7.89. The van der Waals surface area contributed by atoms with Crippen LogP contribution in [-0.2, 0) is 10.0 Å². The van der Waals surface area contributed by atoms with Gasteiger partial charge in [0.1, 0.15) is 5.75 Å². The molecule has 2 aromatic rings. The Bertz CT molecular complexity index is 845. The number of hydrogen-bond acceptors (Lipinski definition) is 5. The molecule has 24 heavy (non-hydrogen) atoms. The number of sulfonamides is 1. The normalized spacial score (nSPS) is 12.0. The SMILES string of the molecule is CNS(=O)(=O)c1ccc(C(=O)Nc2cccc(OC(F)(F)F)c2)o1. The van der Waals surface area contributed by atoms with Gasteiger partial charge in [0, 0.05) is 11.8 Å². The van der Waals surface area contributed by atoms with E-state index in [1.165, 1.54) is 19.2 Å². The molecule has 0 radical (unpaired) electrons. The van der Waals surface area contributed by atoms with Crippen LogP contribution in [0.2, 0.25) is 0 Å². The molecule has 0 aliphatic carbocycles. The van der Waals surface area contributed by atoms with Crippen LogP contribution in [0.15, 0.2) is 45.9 Å². The summed E-state index contributed by atoms with van der Waals surface area (Å²) in [5, 5.41) is 1.80. The Kier molecular flexibility index (Phi) is 4.85. The largest absolute Gasteiger partial charge is 0.573 e. The predicted octanol–water partition coefficient (Wildman–Crippen LogP) is 2.34. The predicted molar refractivity (Wildman–Crippen MR) is 76.0 cm³/mol. The van der Waals surface area contributed by atoms with Crippen LogP contribution >= 0.6 is 0 Å². The van der Waals surface area contributed by atoms with Gasteiger partial charge < -0.3 is 14.5 Å². The van der Waals surface area contributed by atoms with Crippen LogP contribution in [0.1, 0.15) is 10.6 Å². The van der Waals surface area contributed by atoms with E-state index in [2.05, 4.69) is 10.1 Å². The number of ether oxygens (including phenoxy) is 1. The Labute approximate surface area is 134 Å². The van der Waals surface area contributed by atoms with Crippen LogP contribution in [0.4, 0.5) is 18.9 Å². The minimum Gasteiger partial charge on any atom is -0.438 e. The number of furan rings is 1. The topological polar surface area (TPSA) is 97.6 Å². The van der Waals surface area contributed by atoms with E-state index in [4.69, 9.17) is 4.42 Å². The number of carbonyl (C=O) groups excluding carboxylic acids is 1. The molecule has 0 saturated heterocycles. The number of amides is 1. The van der Waals surface area contributed by atoms with Crippen LogP contribution in [0.25, 0.3) is 0 Å². The van der Waals surface area contributed by atoms with Crippen LogP contribution in [0, 0.1) is 0 Å². The molecule has 7 nitrogen and oxygen atoms in total. The molecule has 1 heterocycles. The number of carbonyl (C=O) groups is 1. The third-order valence-corrected chi connectivity index (χ3v) is 3.95. The first-order chi connectivity index (χ1) is 11.1. The lowest BCUT2D eigenvalue weighted by molar-refractivity contribution is -0.274. The van der Waals surface area contributed by atoms with Crippen LogP contribution < -0.4 is 14.8 Å². The number of halogens is 3. The molecule has 130 valence electrons. The zero-order valence-corrected chi connectivity index (χ0v) is 12.9. The average molecular weight is 364 g/mol. The van der Waals surface area contributed by atoms with E-state index in [1.54, 1.807) is 0 Å². The highest BCUT2D eigenvalue weighted by Crippen LogP contribution is 2.25. The van der Waals surface area contributed by atoms with Gasteiger partial charge in [0.2, 0.25) is 5.09 Å². The van der Waals surface area contributed by atoms with E-state index in [9.17, 15) is 26.4 Å². The molecule has 0 unspecified atom stereocenters. The molecule has 0 spiro atoms. The van der Waals surface area contributed by atoms with E-state index in [-0.39, 0.29) is 11.4 Å². The van der Waals surface area contributed by atoms with Crippen LogP contribution in [0.3, 0.4) is 0 Å². The summed E-state index contributed by atoms with van der Waals surface area (Å²) in [6.45, 7) is 0. The second kappa shape index (κ2) is 6.53. The van der Waals surface area contributed by atoms with Gasteiger partial charge in [0.05, 0.1) is 0 Å². The molecule has 2 N–H and O–H groups in total. The molecule has 11 heteroatoms. The summed E-state index contributed by atoms with van der Waals surface area (Å²) in [4.78, 5) is 12.0. The average Bonchev–Trinajstić information content (AvgIpc) is 2.96. The van der Waals surface area contributed by atoms with Gasteiger partial charge in [-0.15, -0.1) is 13.2 Å². The van der Waals surface area contributed by atoms with E-state index in [0.717, 1.165) is 24.3 Å². The Balaban J connectivity index is 2.14. The molecule has 0 aliphatic rings. The summed E-state index contributed by atoms with van der Waals surface area (Å²) in [6, 6.07) is 6.79. The zero-order valence-electron chi connectivity index (χ0n) is 12.0. The summed E-state index contributed by atoms with van der Waals surface area (Å²) in [6.07, 6.45) is -4.86. The van der Waals surface area contributed by atoms with Gasteiger partial charge in [0.25, 0.3) is 15.9 Å². The van der Waals surface area contributed by atoms with Crippen molar-refractivity contribution in [3.63, 3.8) is 0 Å². The molecule has 1 aromatic heterocycles. The van der Waals surface area contributed by atoms with Gasteiger partial charge >= 0.3 is 6.36 Å². The number of benzene rings is 1. The van der Waals surface area contributed by atoms with Crippen molar-refractivity contribution in [2.45, 2.75) is 11.5 Å². The van der Waals surface area contributed by atoms with E-state index < -0.39 is 33.1 Å². The number of alkyl halides is 3. The summed E-state index contributed by atoms with van der Waals surface area (Å²) in [5.74, 6) is -1.68. The number of hydrogen-bond donors (Lipinski definition) is 2. The van der Waals surface area contributed by atoms with Crippen molar-refractivity contribution >= 4 is 21.6 Å². The molecule has 0 bridgehead atoms. The maximum Gasteiger partial charge on any atom is 0.573 e. The highest BCUT2D eigenvalue weighted by Gasteiger charge is 2.31. The van der Waals surface area contributed by atoms with Gasteiger partial charge in [0.15, 0.2) is 5.76 Å². The van der Waals surface area contributed by atoms with Crippen molar-refractivity contribution < 1.29 is 35.5 Å². The van der Waals surface area contributed by atoms with Crippen molar-refractivity contribution in [2.24, 2.45) is 0 Å². The number of nitrogens with one attached hydrogen (secondary N) is 2. The molecule has 1 amide bonds. The standard InChI is InChI=1S/C13H11F3N2O5S/c1-17-24(20,21)11-6-5-10(22-11)12(19)18-8-3-2-4-9(7-8)23-13(14,15)16/h2-7,17H,1H3,(H,18,19). The highest BCUT2D eigenvalue weighted by atomic mass is 32.2. The van der Waals surface area contributed by atoms with Crippen molar-refractivity contribution in [3.05, 3.63) is 42.2 Å². The molecule has 0 fully saturated rings. The van der Waals surface area contributed by atoms with Gasteiger partial charge in [-0.2, -0.15) is 0 Å². The van der Waals surface area contributed by atoms with Gasteiger partial charge in [-0.1, -0.05) is 6.07 Å². The fourth-order valence-corrected chi connectivity index (χ4v) is 2.30. The van der Waals surface area contributed by atoms with Crippen molar-refractivity contribution in [2.75, 3.05) is 12.4 Å². The number of anilines is 1. The minimum absolute atomic E-state index is 0.0103. The number of rotatable bonds is 5. The smallest absolute Gasteiger partial charge is 0.438 e. The minimum atomic E-state index is -4.86. The Morgan fingerprint density at radius 3 is 2.54 bits per heavy atom. The van der Waals surface area contributed by atoms with E-state index >= 15 is 0 Å². The summed E-state index contributed by atoms with van der Waals surface area (Å²) in [5.41, 5.74) is 0.0103. The monoisotopic (exact) mass is 364 g/mol.